The van der Waals surface area contributed by atoms with Gasteiger partial charge in [-0.15, -0.1) is 10.2 Å². The molecule has 0 radical (unpaired) electrons. The van der Waals surface area contributed by atoms with E-state index >= 15 is 0 Å². The first kappa shape index (κ1) is 22.7. The van der Waals surface area contributed by atoms with Gasteiger partial charge in [0.15, 0.2) is 11.0 Å². The predicted molar refractivity (Wildman–Crippen MR) is 117 cm³/mol. The van der Waals surface area contributed by atoms with Gasteiger partial charge in [-0.05, 0) is 37.3 Å². The number of nitrogens with zero attached hydrogens (tertiary/aromatic N) is 3. The highest BCUT2D eigenvalue weighted by atomic mass is 35.5. The van der Waals surface area contributed by atoms with Crippen molar-refractivity contribution in [3.8, 4) is 5.75 Å². The van der Waals surface area contributed by atoms with Crippen LogP contribution < -0.4 is 10.1 Å². The Bertz CT molecular complexity index is 1040. The molecule has 30 heavy (non-hydrogen) atoms. The molecule has 0 saturated heterocycles. The van der Waals surface area contributed by atoms with Crippen LogP contribution in [0.4, 0.5) is 10.1 Å². The van der Waals surface area contributed by atoms with Crippen molar-refractivity contribution in [3.05, 3.63) is 63.1 Å². The average molecular weight is 490 g/mol. The third-order valence-corrected chi connectivity index (χ3v) is 5.54. The van der Waals surface area contributed by atoms with Gasteiger partial charge in [-0.2, -0.15) is 0 Å². The SMILES string of the molecule is CCn1c(COc2ccc(F)c(Cl)c2)nnc1SCC(=O)Nc1cc(Cl)cc(Cl)c1. The lowest BCUT2D eigenvalue weighted by atomic mass is 10.3. The summed E-state index contributed by atoms with van der Waals surface area (Å²) in [5.41, 5.74) is 0.516. The molecule has 0 fully saturated rings. The molecule has 0 aliphatic rings. The molecule has 0 atom stereocenters. The van der Waals surface area contributed by atoms with Crippen molar-refractivity contribution in [3.63, 3.8) is 0 Å². The first-order valence-electron chi connectivity index (χ1n) is 8.74. The van der Waals surface area contributed by atoms with Crippen molar-refractivity contribution in [1.29, 1.82) is 0 Å². The number of halogens is 4. The molecule has 1 N–H and O–H groups in total. The molecule has 11 heteroatoms. The van der Waals surface area contributed by atoms with Gasteiger partial charge < -0.3 is 14.6 Å². The molecule has 0 saturated carbocycles. The van der Waals surface area contributed by atoms with Crippen LogP contribution in [0.25, 0.3) is 0 Å². The van der Waals surface area contributed by atoms with Gasteiger partial charge in [-0.3, -0.25) is 4.79 Å². The van der Waals surface area contributed by atoms with E-state index in [0.29, 0.717) is 39.0 Å². The molecule has 3 aromatic rings. The lowest BCUT2D eigenvalue weighted by molar-refractivity contribution is -0.113. The van der Waals surface area contributed by atoms with Crippen LogP contribution in [-0.2, 0) is 17.9 Å². The van der Waals surface area contributed by atoms with Gasteiger partial charge in [0.1, 0.15) is 18.2 Å². The van der Waals surface area contributed by atoms with E-state index in [2.05, 4.69) is 15.5 Å². The lowest BCUT2D eigenvalue weighted by Crippen LogP contribution is -2.15. The van der Waals surface area contributed by atoms with Crippen LogP contribution in [0.15, 0.2) is 41.6 Å². The van der Waals surface area contributed by atoms with Gasteiger partial charge in [-0.25, -0.2) is 4.39 Å². The fourth-order valence-electron chi connectivity index (χ4n) is 2.52. The monoisotopic (exact) mass is 488 g/mol. The number of rotatable bonds is 8. The molecular weight excluding hydrogens is 474 g/mol. The molecule has 2 aromatic carbocycles. The fourth-order valence-corrected chi connectivity index (χ4v) is 4.04. The van der Waals surface area contributed by atoms with Crippen molar-refractivity contribution in [2.45, 2.75) is 25.2 Å². The van der Waals surface area contributed by atoms with E-state index in [0.717, 1.165) is 0 Å². The first-order valence-corrected chi connectivity index (χ1v) is 10.9. The quantitative estimate of drug-likeness (QED) is 0.411. The minimum atomic E-state index is -0.516. The summed E-state index contributed by atoms with van der Waals surface area (Å²) in [7, 11) is 0. The Balaban J connectivity index is 1.59. The summed E-state index contributed by atoms with van der Waals surface area (Å²) < 4.78 is 20.7. The summed E-state index contributed by atoms with van der Waals surface area (Å²) in [4.78, 5) is 12.2. The van der Waals surface area contributed by atoms with E-state index in [9.17, 15) is 9.18 Å². The second kappa shape index (κ2) is 10.3. The van der Waals surface area contributed by atoms with Crippen LogP contribution in [0.1, 0.15) is 12.7 Å². The zero-order chi connectivity index (χ0) is 21.7. The zero-order valence-corrected chi connectivity index (χ0v) is 18.7. The molecular formula is C19H16Cl3FN4O2S. The summed E-state index contributed by atoms with van der Waals surface area (Å²) in [5.74, 6) is 0.361. The van der Waals surface area contributed by atoms with Crippen LogP contribution in [0.2, 0.25) is 15.1 Å². The van der Waals surface area contributed by atoms with Crippen LogP contribution in [0.5, 0.6) is 5.75 Å². The van der Waals surface area contributed by atoms with Gasteiger partial charge in [0.25, 0.3) is 0 Å². The van der Waals surface area contributed by atoms with Crippen LogP contribution in [0, 0.1) is 5.82 Å². The Morgan fingerprint density at radius 1 is 1.17 bits per heavy atom. The number of anilines is 1. The van der Waals surface area contributed by atoms with Gasteiger partial charge >= 0.3 is 0 Å². The van der Waals surface area contributed by atoms with E-state index in [4.69, 9.17) is 39.5 Å². The molecule has 1 heterocycles. The molecule has 0 unspecified atom stereocenters. The second-order valence-electron chi connectivity index (χ2n) is 6.00. The van der Waals surface area contributed by atoms with Crippen LogP contribution in [0.3, 0.4) is 0 Å². The number of hydrogen-bond donors (Lipinski definition) is 1. The summed E-state index contributed by atoms with van der Waals surface area (Å²) in [6, 6.07) is 8.92. The Kier molecular flexibility index (Phi) is 7.82. The molecule has 0 aliphatic heterocycles. The van der Waals surface area contributed by atoms with E-state index in [1.165, 1.54) is 30.0 Å². The average Bonchev–Trinajstić information content (AvgIpc) is 3.08. The van der Waals surface area contributed by atoms with E-state index in [1.807, 2.05) is 11.5 Å². The highest BCUT2D eigenvalue weighted by Crippen LogP contribution is 2.24. The summed E-state index contributed by atoms with van der Waals surface area (Å²) in [5, 5.41) is 12.4. The molecule has 1 amide bonds. The first-order chi connectivity index (χ1) is 14.4. The molecule has 0 aliphatic carbocycles. The molecule has 0 spiro atoms. The topological polar surface area (TPSA) is 69.0 Å². The van der Waals surface area contributed by atoms with Crippen molar-refractivity contribution in [2.24, 2.45) is 0 Å². The Morgan fingerprint density at radius 2 is 1.90 bits per heavy atom. The highest BCUT2D eigenvalue weighted by molar-refractivity contribution is 7.99. The molecule has 1 aromatic heterocycles. The van der Waals surface area contributed by atoms with Gasteiger partial charge in [0.2, 0.25) is 5.91 Å². The number of benzene rings is 2. The molecule has 6 nitrogen and oxygen atoms in total. The minimum absolute atomic E-state index is 0.0206. The standard InChI is InChI=1S/C19H16Cl3FN4O2S/c1-2-27-17(9-29-14-3-4-16(23)15(22)8-14)25-26-19(27)30-10-18(28)24-13-6-11(20)5-12(21)7-13/h3-8H,2,9-10H2,1H3,(H,24,28). The number of thioether (sulfide) groups is 1. The number of aromatic nitrogens is 3. The van der Waals surface area contributed by atoms with Crippen molar-refractivity contribution >= 4 is 58.2 Å². The van der Waals surface area contributed by atoms with Crippen molar-refractivity contribution in [2.75, 3.05) is 11.1 Å². The number of nitrogens with one attached hydrogen (secondary N) is 1. The normalized spacial score (nSPS) is 10.8. The number of ether oxygens (including phenoxy) is 1. The smallest absolute Gasteiger partial charge is 0.234 e. The summed E-state index contributed by atoms with van der Waals surface area (Å²) in [6.45, 7) is 2.64. The highest BCUT2D eigenvalue weighted by Gasteiger charge is 2.14. The number of carbonyl (C=O) groups excluding carboxylic acids is 1. The summed E-state index contributed by atoms with van der Waals surface area (Å²) >= 11 is 18.9. The third kappa shape index (κ3) is 6.01. The maximum absolute atomic E-state index is 13.2. The minimum Gasteiger partial charge on any atom is -0.486 e. The maximum Gasteiger partial charge on any atom is 0.234 e. The van der Waals surface area contributed by atoms with Crippen molar-refractivity contribution in [1.82, 2.24) is 14.8 Å². The molecule has 3 rings (SSSR count). The number of carbonyl (C=O) groups is 1. The van der Waals surface area contributed by atoms with E-state index < -0.39 is 5.82 Å². The maximum atomic E-state index is 13.2. The summed E-state index contributed by atoms with van der Waals surface area (Å²) in [6.07, 6.45) is 0. The number of hydrogen-bond acceptors (Lipinski definition) is 5. The van der Waals surface area contributed by atoms with E-state index in [-0.39, 0.29) is 23.3 Å². The van der Waals surface area contributed by atoms with Crippen molar-refractivity contribution < 1.29 is 13.9 Å². The van der Waals surface area contributed by atoms with Crippen LogP contribution in [-0.4, -0.2) is 26.4 Å². The Labute approximate surface area is 191 Å². The third-order valence-electron chi connectivity index (χ3n) is 3.85. The fraction of sp³-hybridized carbons (Fsp3) is 0.211. The molecule has 0 bridgehead atoms. The number of amides is 1. The van der Waals surface area contributed by atoms with Crippen LogP contribution >= 0.6 is 46.6 Å². The largest absolute Gasteiger partial charge is 0.486 e. The lowest BCUT2D eigenvalue weighted by Gasteiger charge is -2.09. The van der Waals surface area contributed by atoms with Gasteiger partial charge in [-0.1, -0.05) is 46.6 Å². The predicted octanol–water partition coefficient (Wildman–Crippen LogP) is 5.71. The Hall–Kier alpha value is -2.00. The van der Waals surface area contributed by atoms with E-state index in [1.54, 1.807) is 18.2 Å². The van der Waals surface area contributed by atoms with Gasteiger partial charge in [0, 0.05) is 28.3 Å². The molecule has 158 valence electrons. The zero-order valence-electron chi connectivity index (χ0n) is 15.7. The Morgan fingerprint density at radius 3 is 2.57 bits per heavy atom. The van der Waals surface area contributed by atoms with Gasteiger partial charge in [0.05, 0.1) is 10.8 Å². The second-order valence-corrected chi connectivity index (χ2v) is 8.23.